The standard InChI is InChI=1S/C21H19N3O3S/c1-14(27-18-12-11-15-7-5-6-10-17(15)13-18)19(25)23-24-21(28)22-20(26)16-8-3-2-4-9-16/h2-14H,1H3,(H,23,25)(H2,22,24,26,28)/t14-/m1/s1. The third-order valence-corrected chi connectivity index (χ3v) is 4.17. The van der Waals surface area contributed by atoms with Crippen molar-refractivity contribution in [3.05, 3.63) is 78.4 Å². The van der Waals surface area contributed by atoms with Gasteiger partial charge in [-0.25, -0.2) is 0 Å². The van der Waals surface area contributed by atoms with Gasteiger partial charge >= 0.3 is 0 Å². The lowest BCUT2D eigenvalue weighted by Crippen LogP contribution is -2.51. The van der Waals surface area contributed by atoms with E-state index < -0.39 is 12.0 Å². The Morgan fingerprint density at radius 3 is 2.32 bits per heavy atom. The monoisotopic (exact) mass is 393 g/mol. The van der Waals surface area contributed by atoms with Crippen LogP contribution in [0.3, 0.4) is 0 Å². The highest BCUT2D eigenvalue weighted by Crippen LogP contribution is 2.21. The maximum atomic E-state index is 12.2. The molecule has 0 saturated heterocycles. The number of thiocarbonyl (C=S) groups is 1. The Morgan fingerprint density at radius 2 is 1.57 bits per heavy atom. The quantitative estimate of drug-likeness (QED) is 0.469. The molecule has 3 aromatic carbocycles. The summed E-state index contributed by atoms with van der Waals surface area (Å²) in [5, 5.41) is 4.59. The number of carbonyl (C=O) groups is 2. The lowest BCUT2D eigenvalue weighted by molar-refractivity contribution is -0.127. The summed E-state index contributed by atoms with van der Waals surface area (Å²) in [5.74, 6) is -0.210. The molecule has 3 rings (SSSR count). The van der Waals surface area contributed by atoms with Crippen molar-refractivity contribution in [3.8, 4) is 5.75 Å². The largest absolute Gasteiger partial charge is 0.481 e. The van der Waals surface area contributed by atoms with Gasteiger partial charge in [-0.2, -0.15) is 0 Å². The maximum absolute atomic E-state index is 12.2. The van der Waals surface area contributed by atoms with Crippen LogP contribution in [0, 0.1) is 0 Å². The van der Waals surface area contributed by atoms with Crippen molar-refractivity contribution < 1.29 is 14.3 Å². The second-order valence-corrected chi connectivity index (χ2v) is 6.44. The smallest absolute Gasteiger partial charge is 0.279 e. The van der Waals surface area contributed by atoms with Crippen molar-refractivity contribution in [1.82, 2.24) is 16.2 Å². The van der Waals surface area contributed by atoms with Gasteiger partial charge in [0.05, 0.1) is 0 Å². The summed E-state index contributed by atoms with van der Waals surface area (Å²) >= 11 is 5.02. The van der Waals surface area contributed by atoms with E-state index in [2.05, 4.69) is 16.2 Å². The van der Waals surface area contributed by atoms with E-state index in [1.165, 1.54) is 0 Å². The zero-order valence-corrected chi connectivity index (χ0v) is 16.0. The van der Waals surface area contributed by atoms with Gasteiger partial charge in [0, 0.05) is 5.56 Å². The average Bonchev–Trinajstić information content (AvgIpc) is 2.72. The van der Waals surface area contributed by atoms with E-state index in [9.17, 15) is 9.59 Å². The Kier molecular flexibility index (Phi) is 6.18. The van der Waals surface area contributed by atoms with E-state index in [4.69, 9.17) is 17.0 Å². The van der Waals surface area contributed by atoms with Crippen LogP contribution in [0.5, 0.6) is 5.75 Å². The van der Waals surface area contributed by atoms with Gasteiger partial charge in [-0.3, -0.25) is 25.8 Å². The highest BCUT2D eigenvalue weighted by Gasteiger charge is 2.15. The van der Waals surface area contributed by atoms with Crippen LogP contribution in [0.25, 0.3) is 10.8 Å². The number of hydrazine groups is 1. The number of amides is 2. The van der Waals surface area contributed by atoms with E-state index in [-0.39, 0.29) is 11.0 Å². The fourth-order valence-electron chi connectivity index (χ4n) is 2.51. The van der Waals surface area contributed by atoms with Crippen LogP contribution in [-0.4, -0.2) is 23.0 Å². The summed E-state index contributed by atoms with van der Waals surface area (Å²) in [4.78, 5) is 24.2. The second-order valence-electron chi connectivity index (χ2n) is 6.03. The van der Waals surface area contributed by atoms with Crippen LogP contribution in [0.1, 0.15) is 17.3 Å². The Hall–Kier alpha value is -3.45. The maximum Gasteiger partial charge on any atom is 0.279 e. The molecule has 142 valence electrons. The van der Waals surface area contributed by atoms with Gasteiger partial charge in [0.2, 0.25) is 0 Å². The molecule has 0 spiro atoms. The summed E-state index contributed by atoms with van der Waals surface area (Å²) in [6.45, 7) is 1.62. The molecule has 7 heteroatoms. The average molecular weight is 393 g/mol. The molecule has 0 bridgehead atoms. The lowest BCUT2D eigenvalue weighted by atomic mass is 10.1. The van der Waals surface area contributed by atoms with Crippen LogP contribution in [0.15, 0.2) is 72.8 Å². The van der Waals surface area contributed by atoms with Crippen molar-refractivity contribution in [2.45, 2.75) is 13.0 Å². The van der Waals surface area contributed by atoms with Crippen LogP contribution < -0.4 is 20.9 Å². The fraction of sp³-hybridized carbons (Fsp3) is 0.0952. The van der Waals surface area contributed by atoms with Gasteiger partial charge in [0.15, 0.2) is 11.2 Å². The van der Waals surface area contributed by atoms with Crippen LogP contribution in [-0.2, 0) is 4.79 Å². The predicted octanol–water partition coefficient (Wildman–Crippen LogP) is 2.94. The minimum Gasteiger partial charge on any atom is -0.481 e. The first-order valence-electron chi connectivity index (χ1n) is 8.64. The molecule has 3 N–H and O–H groups in total. The number of hydrogen-bond acceptors (Lipinski definition) is 4. The highest BCUT2D eigenvalue weighted by atomic mass is 32.1. The Labute approximate surface area is 167 Å². The van der Waals surface area contributed by atoms with Crippen LogP contribution in [0.4, 0.5) is 0 Å². The number of benzene rings is 3. The summed E-state index contributed by atoms with van der Waals surface area (Å²) < 4.78 is 5.68. The Balaban J connectivity index is 1.49. The number of rotatable bonds is 4. The summed E-state index contributed by atoms with van der Waals surface area (Å²) in [5.41, 5.74) is 5.39. The summed E-state index contributed by atoms with van der Waals surface area (Å²) in [6.07, 6.45) is -0.763. The number of nitrogens with one attached hydrogen (secondary N) is 3. The third kappa shape index (κ3) is 5.05. The van der Waals surface area contributed by atoms with Gasteiger partial charge in [-0.05, 0) is 54.2 Å². The molecule has 0 fully saturated rings. The van der Waals surface area contributed by atoms with Gasteiger partial charge in [-0.1, -0.05) is 48.5 Å². The number of fused-ring (bicyclic) bond motifs is 1. The Morgan fingerprint density at radius 1 is 0.893 bits per heavy atom. The highest BCUT2D eigenvalue weighted by molar-refractivity contribution is 7.80. The van der Waals surface area contributed by atoms with Gasteiger partial charge in [0.25, 0.3) is 11.8 Å². The predicted molar refractivity (Wildman–Crippen MR) is 112 cm³/mol. The number of hydrogen-bond donors (Lipinski definition) is 3. The van der Waals surface area contributed by atoms with Gasteiger partial charge in [0.1, 0.15) is 5.75 Å². The van der Waals surface area contributed by atoms with Crippen molar-refractivity contribution >= 4 is 39.9 Å². The van der Waals surface area contributed by atoms with Crippen LogP contribution >= 0.6 is 12.2 Å². The van der Waals surface area contributed by atoms with Crippen molar-refractivity contribution in [1.29, 1.82) is 0 Å². The molecule has 0 aliphatic carbocycles. The van der Waals surface area contributed by atoms with Crippen molar-refractivity contribution in [2.75, 3.05) is 0 Å². The zero-order chi connectivity index (χ0) is 19.9. The first-order valence-corrected chi connectivity index (χ1v) is 9.05. The molecule has 0 aliphatic heterocycles. The second kappa shape index (κ2) is 8.96. The third-order valence-electron chi connectivity index (χ3n) is 3.97. The first kappa shape index (κ1) is 19.3. The SMILES string of the molecule is C[C@@H](Oc1ccc2ccccc2c1)C(=O)NNC(=S)NC(=O)c1ccccc1. The molecule has 6 nitrogen and oxygen atoms in total. The summed E-state index contributed by atoms with van der Waals surface area (Å²) in [6, 6.07) is 22.1. The minimum atomic E-state index is -0.763. The molecule has 1 atom stereocenters. The normalized spacial score (nSPS) is 11.3. The van der Waals surface area contributed by atoms with Crippen molar-refractivity contribution in [2.24, 2.45) is 0 Å². The van der Waals surface area contributed by atoms with E-state index in [1.54, 1.807) is 31.2 Å². The molecule has 0 radical (unpaired) electrons. The molecule has 0 unspecified atom stereocenters. The molecular weight excluding hydrogens is 374 g/mol. The molecule has 0 heterocycles. The van der Waals surface area contributed by atoms with Crippen LogP contribution in [0.2, 0.25) is 0 Å². The molecule has 0 aromatic heterocycles. The van der Waals surface area contributed by atoms with Gasteiger partial charge in [-0.15, -0.1) is 0 Å². The molecule has 3 aromatic rings. The number of carbonyl (C=O) groups excluding carboxylic acids is 2. The van der Waals surface area contributed by atoms with E-state index in [0.717, 1.165) is 10.8 Å². The van der Waals surface area contributed by atoms with E-state index in [0.29, 0.717) is 11.3 Å². The van der Waals surface area contributed by atoms with E-state index in [1.807, 2.05) is 48.5 Å². The minimum absolute atomic E-state index is 0.0138. The molecule has 28 heavy (non-hydrogen) atoms. The molecule has 0 saturated carbocycles. The Bertz CT molecular complexity index is 1010. The fourth-order valence-corrected chi connectivity index (χ4v) is 2.66. The number of ether oxygens (including phenoxy) is 1. The molecule has 2 amide bonds. The lowest BCUT2D eigenvalue weighted by Gasteiger charge is -2.16. The van der Waals surface area contributed by atoms with Crippen molar-refractivity contribution in [3.63, 3.8) is 0 Å². The van der Waals surface area contributed by atoms with Gasteiger partial charge < -0.3 is 4.74 Å². The first-order chi connectivity index (χ1) is 13.5. The topological polar surface area (TPSA) is 79.5 Å². The summed E-state index contributed by atoms with van der Waals surface area (Å²) in [7, 11) is 0. The molecular formula is C21H19N3O3S. The molecule has 0 aliphatic rings. The van der Waals surface area contributed by atoms with E-state index >= 15 is 0 Å². The zero-order valence-electron chi connectivity index (χ0n) is 15.1.